The van der Waals surface area contributed by atoms with Crippen molar-refractivity contribution in [3.8, 4) is 5.69 Å². The summed E-state index contributed by atoms with van der Waals surface area (Å²) in [6.45, 7) is 5.47. The zero-order valence-corrected chi connectivity index (χ0v) is 18.3. The number of para-hydroxylation sites is 1. The highest BCUT2D eigenvalue weighted by Crippen LogP contribution is 2.18. The molecule has 2 aromatic carbocycles. The molecular formula is C25H29N3O3. The maximum absolute atomic E-state index is 12.3. The summed E-state index contributed by atoms with van der Waals surface area (Å²) in [7, 11) is 0. The van der Waals surface area contributed by atoms with E-state index in [4.69, 9.17) is 4.74 Å². The van der Waals surface area contributed by atoms with Crippen LogP contribution in [0.5, 0.6) is 0 Å². The van der Waals surface area contributed by atoms with Crippen LogP contribution in [0, 0.1) is 13.8 Å². The third-order valence-electron chi connectivity index (χ3n) is 5.24. The Morgan fingerprint density at radius 1 is 1.03 bits per heavy atom. The fraction of sp³-hybridized carbons (Fsp3) is 0.320. The van der Waals surface area contributed by atoms with Gasteiger partial charge in [0.25, 0.3) is 5.91 Å². The molecule has 162 valence electrons. The normalized spacial score (nSPS) is 11.7. The zero-order chi connectivity index (χ0) is 22.2. The van der Waals surface area contributed by atoms with Gasteiger partial charge in [-0.15, -0.1) is 0 Å². The maximum atomic E-state index is 12.3. The maximum Gasteiger partial charge on any atom is 0.310 e. The summed E-state index contributed by atoms with van der Waals surface area (Å²) < 4.78 is 7.03. The SMILES string of the molecule is Cc1nn(-c2ccccc2)c(C)c1CC(=O)OCC(=O)N[C@@H](C)CCc1ccccc1. The van der Waals surface area contributed by atoms with Gasteiger partial charge in [0.2, 0.25) is 0 Å². The Labute approximate surface area is 183 Å². The highest BCUT2D eigenvalue weighted by atomic mass is 16.5. The van der Waals surface area contributed by atoms with Crippen LogP contribution in [-0.4, -0.2) is 34.3 Å². The van der Waals surface area contributed by atoms with Crippen molar-refractivity contribution < 1.29 is 14.3 Å². The highest BCUT2D eigenvalue weighted by molar-refractivity contribution is 5.81. The van der Waals surface area contributed by atoms with E-state index in [-0.39, 0.29) is 25.0 Å². The van der Waals surface area contributed by atoms with E-state index in [9.17, 15) is 9.59 Å². The standard InChI is InChI=1S/C25H29N3O3/c1-18(14-15-21-10-6-4-7-11-21)26-24(29)17-31-25(30)16-23-19(2)27-28(20(23)3)22-12-8-5-9-13-22/h4-13,18H,14-17H2,1-3H3,(H,26,29)/t18-/m0/s1. The van der Waals surface area contributed by atoms with Gasteiger partial charge in [-0.2, -0.15) is 5.10 Å². The first kappa shape index (κ1) is 22.3. The molecule has 0 aliphatic heterocycles. The molecule has 1 aromatic heterocycles. The number of aromatic nitrogens is 2. The van der Waals surface area contributed by atoms with Crippen LogP contribution in [-0.2, 0) is 27.2 Å². The topological polar surface area (TPSA) is 73.2 Å². The first-order chi connectivity index (χ1) is 14.9. The lowest BCUT2D eigenvalue weighted by Crippen LogP contribution is -2.36. The van der Waals surface area contributed by atoms with Crippen molar-refractivity contribution in [2.75, 3.05) is 6.61 Å². The predicted molar refractivity (Wildman–Crippen MR) is 120 cm³/mol. The molecule has 1 heterocycles. The Morgan fingerprint density at radius 3 is 2.35 bits per heavy atom. The molecule has 0 saturated heterocycles. The van der Waals surface area contributed by atoms with Crippen LogP contribution in [0.3, 0.4) is 0 Å². The number of nitrogens with one attached hydrogen (secondary N) is 1. The molecule has 0 spiro atoms. The lowest BCUT2D eigenvalue weighted by atomic mass is 10.1. The molecule has 0 fully saturated rings. The molecule has 0 radical (unpaired) electrons. The third kappa shape index (κ3) is 6.28. The number of aryl methyl sites for hydroxylation is 2. The number of amides is 1. The van der Waals surface area contributed by atoms with Crippen molar-refractivity contribution in [2.24, 2.45) is 0 Å². The van der Waals surface area contributed by atoms with Gasteiger partial charge in [-0.05, 0) is 51.3 Å². The molecule has 31 heavy (non-hydrogen) atoms. The number of rotatable bonds is 9. The molecule has 1 amide bonds. The van der Waals surface area contributed by atoms with Gasteiger partial charge in [0.15, 0.2) is 6.61 Å². The van der Waals surface area contributed by atoms with Crippen molar-refractivity contribution in [1.82, 2.24) is 15.1 Å². The van der Waals surface area contributed by atoms with Crippen molar-refractivity contribution in [3.05, 3.63) is 83.2 Å². The molecule has 6 heteroatoms. The van der Waals surface area contributed by atoms with E-state index in [1.165, 1.54) is 5.56 Å². The van der Waals surface area contributed by atoms with E-state index in [1.807, 2.05) is 74.0 Å². The zero-order valence-electron chi connectivity index (χ0n) is 18.3. The summed E-state index contributed by atoms with van der Waals surface area (Å²) in [6.07, 6.45) is 1.79. The van der Waals surface area contributed by atoms with Gasteiger partial charge in [0.05, 0.1) is 17.8 Å². The molecule has 0 saturated carbocycles. The summed E-state index contributed by atoms with van der Waals surface area (Å²) in [5.74, 6) is -0.728. The van der Waals surface area contributed by atoms with Gasteiger partial charge in [0, 0.05) is 17.3 Å². The Kier molecular flexibility index (Phi) is 7.60. The molecule has 0 aliphatic rings. The molecule has 6 nitrogen and oxygen atoms in total. The number of carbonyl (C=O) groups excluding carboxylic acids is 2. The largest absolute Gasteiger partial charge is 0.455 e. The van der Waals surface area contributed by atoms with E-state index in [0.29, 0.717) is 0 Å². The number of esters is 1. The van der Waals surface area contributed by atoms with E-state index >= 15 is 0 Å². The molecule has 1 N–H and O–H groups in total. The quantitative estimate of drug-likeness (QED) is 0.537. The summed E-state index contributed by atoms with van der Waals surface area (Å²) in [4.78, 5) is 24.5. The van der Waals surface area contributed by atoms with Crippen LogP contribution in [0.25, 0.3) is 5.69 Å². The minimum atomic E-state index is -0.439. The van der Waals surface area contributed by atoms with Gasteiger partial charge in [-0.25, -0.2) is 4.68 Å². The third-order valence-corrected chi connectivity index (χ3v) is 5.24. The average Bonchev–Trinajstić information content (AvgIpc) is 3.06. The lowest BCUT2D eigenvalue weighted by Gasteiger charge is -2.14. The minimum absolute atomic E-state index is 0.00000131. The van der Waals surface area contributed by atoms with Gasteiger partial charge in [-0.1, -0.05) is 48.5 Å². The summed E-state index contributed by atoms with van der Waals surface area (Å²) in [5.41, 5.74) is 4.66. The van der Waals surface area contributed by atoms with Crippen LogP contribution in [0.15, 0.2) is 60.7 Å². The van der Waals surface area contributed by atoms with Crippen LogP contribution >= 0.6 is 0 Å². The van der Waals surface area contributed by atoms with Crippen molar-refractivity contribution in [3.63, 3.8) is 0 Å². The first-order valence-corrected chi connectivity index (χ1v) is 10.5. The fourth-order valence-electron chi connectivity index (χ4n) is 3.51. The molecule has 0 unspecified atom stereocenters. The van der Waals surface area contributed by atoms with Crippen molar-refractivity contribution in [2.45, 2.75) is 46.1 Å². The van der Waals surface area contributed by atoms with Crippen LogP contribution in [0.2, 0.25) is 0 Å². The van der Waals surface area contributed by atoms with Gasteiger partial charge in [-0.3, -0.25) is 9.59 Å². The van der Waals surface area contributed by atoms with E-state index in [1.54, 1.807) is 0 Å². The minimum Gasteiger partial charge on any atom is -0.455 e. The van der Waals surface area contributed by atoms with E-state index in [0.717, 1.165) is 35.5 Å². The van der Waals surface area contributed by atoms with Crippen LogP contribution in [0.1, 0.15) is 35.9 Å². The first-order valence-electron chi connectivity index (χ1n) is 10.5. The van der Waals surface area contributed by atoms with Crippen LogP contribution < -0.4 is 5.32 Å². The number of hydrogen-bond donors (Lipinski definition) is 1. The molecule has 3 rings (SSSR count). The molecule has 1 atom stereocenters. The molecule has 3 aromatic rings. The predicted octanol–water partition coefficient (Wildman–Crippen LogP) is 3.71. The summed E-state index contributed by atoms with van der Waals surface area (Å²) in [5, 5.41) is 7.43. The number of benzene rings is 2. The molecule has 0 bridgehead atoms. The van der Waals surface area contributed by atoms with Gasteiger partial charge in [0.1, 0.15) is 0 Å². The van der Waals surface area contributed by atoms with Gasteiger partial charge < -0.3 is 10.1 Å². The summed E-state index contributed by atoms with van der Waals surface area (Å²) >= 11 is 0. The second-order valence-corrected chi connectivity index (χ2v) is 7.73. The highest BCUT2D eigenvalue weighted by Gasteiger charge is 2.18. The van der Waals surface area contributed by atoms with Crippen molar-refractivity contribution in [1.29, 1.82) is 0 Å². The smallest absolute Gasteiger partial charge is 0.310 e. The Bertz CT molecular complexity index is 1010. The molecule has 0 aliphatic carbocycles. The Balaban J connectivity index is 1.47. The van der Waals surface area contributed by atoms with Crippen molar-refractivity contribution >= 4 is 11.9 Å². The van der Waals surface area contributed by atoms with E-state index < -0.39 is 5.97 Å². The number of ether oxygens (including phenoxy) is 1. The van der Waals surface area contributed by atoms with E-state index in [2.05, 4.69) is 22.5 Å². The molecular weight excluding hydrogens is 390 g/mol. The summed E-state index contributed by atoms with van der Waals surface area (Å²) in [6, 6.07) is 19.9. The van der Waals surface area contributed by atoms with Gasteiger partial charge >= 0.3 is 5.97 Å². The number of hydrogen-bond acceptors (Lipinski definition) is 4. The second-order valence-electron chi connectivity index (χ2n) is 7.73. The second kappa shape index (κ2) is 10.6. The average molecular weight is 420 g/mol. The number of carbonyl (C=O) groups is 2. The monoisotopic (exact) mass is 419 g/mol. The Hall–Kier alpha value is -3.41. The Morgan fingerprint density at radius 2 is 1.68 bits per heavy atom. The lowest BCUT2D eigenvalue weighted by molar-refractivity contribution is -0.148. The fourth-order valence-corrected chi connectivity index (χ4v) is 3.51. The number of nitrogens with zero attached hydrogens (tertiary/aromatic N) is 2. The van der Waals surface area contributed by atoms with Crippen LogP contribution in [0.4, 0.5) is 0 Å².